The maximum atomic E-state index is 6.08. The third-order valence-corrected chi connectivity index (χ3v) is 4.75. The number of nitrogens with one attached hydrogen (secondary N) is 1. The number of aryl methyl sites for hydroxylation is 1. The molecule has 1 aliphatic carbocycles. The fourth-order valence-electron chi connectivity index (χ4n) is 3.28. The lowest BCUT2D eigenvalue weighted by Gasteiger charge is -2.27. The average molecular weight is 300 g/mol. The van der Waals surface area contributed by atoms with Crippen LogP contribution in [-0.2, 0) is 6.42 Å². The standard InChI is InChI=1S/C19H22ClN/c1-14(16-8-5-10-18(20)12-16)21-13-17-9-4-7-15-6-2-3-11-19(15)17/h2-3,5-6,8,10-12,14,17,21H,4,7,9,13H2,1H3/t14-,17?/m0/s1. The Morgan fingerprint density at radius 1 is 1.19 bits per heavy atom. The monoisotopic (exact) mass is 299 g/mol. The Kier molecular flexibility index (Phi) is 4.62. The van der Waals surface area contributed by atoms with Crippen molar-refractivity contribution in [3.63, 3.8) is 0 Å². The van der Waals surface area contributed by atoms with E-state index in [0.717, 1.165) is 11.6 Å². The fraction of sp³-hybridized carbons (Fsp3) is 0.368. The van der Waals surface area contributed by atoms with Gasteiger partial charge in [-0.2, -0.15) is 0 Å². The van der Waals surface area contributed by atoms with Crippen LogP contribution in [0.2, 0.25) is 5.02 Å². The van der Waals surface area contributed by atoms with Crippen molar-refractivity contribution in [2.75, 3.05) is 6.54 Å². The molecular weight excluding hydrogens is 278 g/mol. The van der Waals surface area contributed by atoms with Crippen LogP contribution in [0.3, 0.4) is 0 Å². The zero-order valence-electron chi connectivity index (χ0n) is 12.5. The molecule has 1 aliphatic rings. The largest absolute Gasteiger partial charge is 0.310 e. The summed E-state index contributed by atoms with van der Waals surface area (Å²) in [6.07, 6.45) is 3.82. The van der Waals surface area contributed by atoms with E-state index in [0.29, 0.717) is 12.0 Å². The molecular formula is C19H22ClN. The van der Waals surface area contributed by atoms with E-state index in [2.05, 4.69) is 42.6 Å². The van der Waals surface area contributed by atoms with Crippen LogP contribution in [0.5, 0.6) is 0 Å². The minimum Gasteiger partial charge on any atom is -0.310 e. The van der Waals surface area contributed by atoms with Crippen molar-refractivity contribution >= 4 is 11.6 Å². The van der Waals surface area contributed by atoms with Crippen LogP contribution < -0.4 is 5.32 Å². The van der Waals surface area contributed by atoms with E-state index in [-0.39, 0.29) is 0 Å². The van der Waals surface area contributed by atoms with Crippen molar-refractivity contribution in [1.29, 1.82) is 0 Å². The highest BCUT2D eigenvalue weighted by atomic mass is 35.5. The van der Waals surface area contributed by atoms with Gasteiger partial charge in [-0.25, -0.2) is 0 Å². The number of fused-ring (bicyclic) bond motifs is 1. The van der Waals surface area contributed by atoms with Gasteiger partial charge in [-0.3, -0.25) is 0 Å². The minimum absolute atomic E-state index is 0.331. The maximum absolute atomic E-state index is 6.08. The van der Waals surface area contributed by atoms with E-state index in [4.69, 9.17) is 11.6 Å². The molecule has 0 bridgehead atoms. The van der Waals surface area contributed by atoms with Crippen LogP contribution in [0, 0.1) is 0 Å². The Morgan fingerprint density at radius 3 is 2.90 bits per heavy atom. The van der Waals surface area contributed by atoms with Crippen LogP contribution in [0.15, 0.2) is 48.5 Å². The summed E-state index contributed by atoms with van der Waals surface area (Å²) in [5.41, 5.74) is 4.33. The third kappa shape index (κ3) is 3.48. The lowest BCUT2D eigenvalue weighted by atomic mass is 9.82. The van der Waals surface area contributed by atoms with Gasteiger partial charge in [0.05, 0.1) is 0 Å². The number of hydrogen-bond donors (Lipinski definition) is 1. The predicted molar refractivity (Wildman–Crippen MR) is 90.0 cm³/mol. The molecule has 1 nitrogen and oxygen atoms in total. The summed E-state index contributed by atoms with van der Waals surface area (Å²) in [5.74, 6) is 0.636. The Bertz CT molecular complexity index is 608. The summed E-state index contributed by atoms with van der Waals surface area (Å²) in [5, 5.41) is 4.49. The minimum atomic E-state index is 0.331. The topological polar surface area (TPSA) is 12.0 Å². The first kappa shape index (κ1) is 14.6. The molecule has 21 heavy (non-hydrogen) atoms. The van der Waals surface area contributed by atoms with Crippen molar-refractivity contribution in [1.82, 2.24) is 5.32 Å². The number of halogens is 1. The maximum Gasteiger partial charge on any atom is 0.0409 e. The Balaban J connectivity index is 1.66. The molecule has 3 rings (SSSR count). The summed E-state index contributed by atoms with van der Waals surface area (Å²) in [6.45, 7) is 3.24. The second-order valence-corrected chi connectivity index (χ2v) is 6.41. The molecule has 0 aromatic heterocycles. The molecule has 0 saturated carbocycles. The average Bonchev–Trinajstić information content (AvgIpc) is 2.52. The van der Waals surface area contributed by atoms with E-state index in [1.54, 1.807) is 0 Å². The van der Waals surface area contributed by atoms with E-state index in [9.17, 15) is 0 Å². The van der Waals surface area contributed by atoms with Gasteiger partial charge in [-0.15, -0.1) is 0 Å². The first-order valence-electron chi connectivity index (χ1n) is 7.80. The molecule has 2 atom stereocenters. The van der Waals surface area contributed by atoms with Gasteiger partial charge in [-0.1, -0.05) is 48.0 Å². The van der Waals surface area contributed by atoms with Crippen molar-refractivity contribution in [2.24, 2.45) is 0 Å². The van der Waals surface area contributed by atoms with Crippen LogP contribution in [0.1, 0.15) is 48.4 Å². The number of benzene rings is 2. The highest BCUT2D eigenvalue weighted by molar-refractivity contribution is 6.30. The van der Waals surface area contributed by atoms with Crippen LogP contribution in [-0.4, -0.2) is 6.54 Å². The first-order valence-corrected chi connectivity index (χ1v) is 8.18. The van der Waals surface area contributed by atoms with Crippen LogP contribution in [0.4, 0.5) is 0 Å². The molecule has 0 amide bonds. The zero-order valence-corrected chi connectivity index (χ0v) is 13.2. The van der Waals surface area contributed by atoms with Gasteiger partial charge in [0.15, 0.2) is 0 Å². The zero-order chi connectivity index (χ0) is 14.7. The van der Waals surface area contributed by atoms with Crippen molar-refractivity contribution < 1.29 is 0 Å². The van der Waals surface area contributed by atoms with Crippen LogP contribution in [0.25, 0.3) is 0 Å². The summed E-state index contributed by atoms with van der Waals surface area (Å²) in [4.78, 5) is 0. The van der Waals surface area contributed by atoms with Crippen molar-refractivity contribution in [3.05, 3.63) is 70.2 Å². The number of rotatable bonds is 4. The van der Waals surface area contributed by atoms with Gasteiger partial charge in [0.1, 0.15) is 0 Å². The molecule has 2 heteroatoms. The Labute approximate surface area is 132 Å². The quantitative estimate of drug-likeness (QED) is 0.827. The van der Waals surface area contributed by atoms with Gasteiger partial charge >= 0.3 is 0 Å². The molecule has 0 radical (unpaired) electrons. The second-order valence-electron chi connectivity index (χ2n) is 5.97. The molecule has 0 saturated heterocycles. The molecule has 110 valence electrons. The van der Waals surface area contributed by atoms with Gasteiger partial charge in [0.25, 0.3) is 0 Å². The third-order valence-electron chi connectivity index (χ3n) is 4.51. The van der Waals surface area contributed by atoms with Crippen molar-refractivity contribution in [3.8, 4) is 0 Å². The molecule has 2 aromatic carbocycles. The normalized spacial score (nSPS) is 19.0. The van der Waals surface area contributed by atoms with E-state index in [1.807, 2.05) is 18.2 Å². The smallest absolute Gasteiger partial charge is 0.0409 e. The summed E-state index contributed by atoms with van der Waals surface area (Å²) < 4.78 is 0. The lowest BCUT2D eigenvalue weighted by molar-refractivity contribution is 0.473. The predicted octanol–water partition coefficient (Wildman–Crippen LogP) is 5.11. The second kappa shape index (κ2) is 6.64. The lowest BCUT2D eigenvalue weighted by Crippen LogP contribution is -2.26. The molecule has 0 fully saturated rings. The molecule has 1 unspecified atom stereocenters. The van der Waals surface area contributed by atoms with Gasteiger partial charge < -0.3 is 5.32 Å². The molecule has 0 heterocycles. The van der Waals surface area contributed by atoms with E-state index < -0.39 is 0 Å². The van der Waals surface area contributed by atoms with Gasteiger partial charge in [0, 0.05) is 17.6 Å². The van der Waals surface area contributed by atoms with Crippen molar-refractivity contribution in [2.45, 2.75) is 38.1 Å². The van der Waals surface area contributed by atoms with Crippen LogP contribution >= 0.6 is 11.6 Å². The fourth-order valence-corrected chi connectivity index (χ4v) is 3.48. The summed E-state index contributed by atoms with van der Waals surface area (Å²) >= 11 is 6.08. The van der Waals surface area contributed by atoms with E-state index in [1.165, 1.54) is 36.0 Å². The summed E-state index contributed by atoms with van der Waals surface area (Å²) in [7, 11) is 0. The molecule has 0 spiro atoms. The van der Waals surface area contributed by atoms with Gasteiger partial charge in [-0.05, 0) is 60.9 Å². The summed E-state index contributed by atoms with van der Waals surface area (Å²) in [6, 6.07) is 17.4. The van der Waals surface area contributed by atoms with Gasteiger partial charge in [0.2, 0.25) is 0 Å². The first-order chi connectivity index (χ1) is 10.2. The molecule has 0 aliphatic heterocycles. The Hall–Kier alpha value is -1.31. The number of hydrogen-bond acceptors (Lipinski definition) is 1. The highest BCUT2D eigenvalue weighted by Gasteiger charge is 2.20. The SMILES string of the molecule is C[C@H](NCC1CCCc2ccccc21)c1cccc(Cl)c1. The van der Waals surface area contributed by atoms with E-state index >= 15 is 0 Å². The molecule has 2 aromatic rings. The Morgan fingerprint density at radius 2 is 2.05 bits per heavy atom. The molecule has 1 N–H and O–H groups in total. The highest BCUT2D eigenvalue weighted by Crippen LogP contribution is 2.31.